The summed E-state index contributed by atoms with van der Waals surface area (Å²) in [5.74, 6) is 1.47. The fraction of sp³-hybridized carbons (Fsp3) is 0.259. The fourth-order valence-corrected chi connectivity index (χ4v) is 4.32. The van der Waals surface area contributed by atoms with E-state index in [-0.39, 0.29) is 5.91 Å². The molecular formula is C27H28N2O2S. The highest BCUT2D eigenvalue weighted by Gasteiger charge is 2.14. The first kappa shape index (κ1) is 22.0. The number of amides is 1. The molecule has 1 aromatic carbocycles. The van der Waals surface area contributed by atoms with Crippen molar-refractivity contribution < 1.29 is 9.53 Å². The molecular weight excluding hydrogens is 416 g/mol. The molecule has 4 nitrogen and oxygen atoms in total. The molecule has 1 amide bonds. The lowest BCUT2D eigenvalue weighted by Gasteiger charge is -2.22. The normalized spacial score (nSPS) is 15.7. The van der Waals surface area contributed by atoms with Crippen LogP contribution in [0.3, 0.4) is 0 Å². The Balaban J connectivity index is 1.40. The lowest BCUT2D eigenvalue weighted by atomic mass is 9.95. The molecule has 32 heavy (non-hydrogen) atoms. The Bertz CT molecular complexity index is 1030. The predicted octanol–water partition coefficient (Wildman–Crippen LogP) is 6.12. The molecule has 1 atom stereocenters. The fourth-order valence-electron chi connectivity index (χ4n) is 3.70. The molecule has 164 valence electrons. The summed E-state index contributed by atoms with van der Waals surface area (Å²) < 4.78 is 6.00. The molecule has 0 aliphatic heterocycles. The number of thiophene rings is 1. The molecule has 1 unspecified atom stereocenters. The Kier molecular flexibility index (Phi) is 7.88. The van der Waals surface area contributed by atoms with Gasteiger partial charge < -0.3 is 9.64 Å². The van der Waals surface area contributed by atoms with Crippen LogP contribution in [0.25, 0.3) is 6.08 Å². The summed E-state index contributed by atoms with van der Waals surface area (Å²) in [5.41, 5.74) is 2.13. The number of benzene rings is 1. The minimum absolute atomic E-state index is 0.0131. The van der Waals surface area contributed by atoms with E-state index in [2.05, 4.69) is 17.1 Å². The van der Waals surface area contributed by atoms with Gasteiger partial charge in [0.25, 0.3) is 0 Å². The van der Waals surface area contributed by atoms with E-state index in [1.54, 1.807) is 29.8 Å². The second-order valence-electron chi connectivity index (χ2n) is 8.00. The number of carbonyl (C=O) groups is 1. The summed E-state index contributed by atoms with van der Waals surface area (Å²) in [6, 6.07) is 16.0. The zero-order valence-electron chi connectivity index (χ0n) is 18.1. The summed E-state index contributed by atoms with van der Waals surface area (Å²) in [6.45, 7) is 1.82. The Morgan fingerprint density at radius 2 is 1.84 bits per heavy atom. The zero-order valence-corrected chi connectivity index (χ0v) is 18.9. The monoisotopic (exact) mass is 444 g/mol. The van der Waals surface area contributed by atoms with Crippen molar-refractivity contribution in [3.63, 3.8) is 0 Å². The number of nitrogens with zero attached hydrogens (tertiary/aromatic N) is 2. The van der Waals surface area contributed by atoms with Gasteiger partial charge in [0.05, 0.1) is 6.61 Å². The minimum Gasteiger partial charge on any atom is -0.493 e. The third kappa shape index (κ3) is 6.66. The third-order valence-corrected chi connectivity index (χ3v) is 6.37. The number of carbonyl (C=O) groups excluding carboxylic acids is 1. The van der Waals surface area contributed by atoms with Gasteiger partial charge in [-0.15, -0.1) is 11.3 Å². The molecule has 4 rings (SSSR count). The van der Waals surface area contributed by atoms with E-state index in [0.717, 1.165) is 41.2 Å². The van der Waals surface area contributed by atoms with E-state index >= 15 is 0 Å². The van der Waals surface area contributed by atoms with Gasteiger partial charge in [-0.3, -0.25) is 9.78 Å². The Hall–Kier alpha value is -3.18. The van der Waals surface area contributed by atoms with Crippen molar-refractivity contribution in [1.82, 2.24) is 9.88 Å². The van der Waals surface area contributed by atoms with Crippen LogP contribution in [0.4, 0.5) is 0 Å². The first-order valence-electron chi connectivity index (χ1n) is 11.0. The summed E-state index contributed by atoms with van der Waals surface area (Å²) in [4.78, 5) is 20.0. The quantitative estimate of drug-likeness (QED) is 0.295. The van der Waals surface area contributed by atoms with E-state index in [1.165, 1.54) is 6.42 Å². The lowest BCUT2D eigenvalue weighted by Crippen LogP contribution is -2.28. The summed E-state index contributed by atoms with van der Waals surface area (Å²) in [6.07, 6.45) is 15.0. The average molecular weight is 445 g/mol. The second-order valence-corrected chi connectivity index (χ2v) is 8.98. The molecule has 1 aliphatic carbocycles. The summed E-state index contributed by atoms with van der Waals surface area (Å²) >= 11 is 1.62. The molecule has 1 aliphatic rings. The second kappa shape index (κ2) is 11.4. The Morgan fingerprint density at radius 1 is 1.06 bits per heavy atom. The van der Waals surface area contributed by atoms with Crippen LogP contribution in [0.1, 0.15) is 35.3 Å². The first-order valence-corrected chi connectivity index (χ1v) is 11.9. The van der Waals surface area contributed by atoms with E-state index in [9.17, 15) is 4.79 Å². The molecule has 3 aromatic rings. The van der Waals surface area contributed by atoms with Gasteiger partial charge in [0.1, 0.15) is 5.75 Å². The predicted molar refractivity (Wildman–Crippen MR) is 130 cm³/mol. The van der Waals surface area contributed by atoms with Crippen molar-refractivity contribution in [3.8, 4) is 5.75 Å². The van der Waals surface area contributed by atoms with Gasteiger partial charge in [0.15, 0.2) is 0 Å². The van der Waals surface area contributed by atoms with Gasteiger partial charge in [-0.1, -0.05) is 30.4 Å². The van der Waals surface area contributed by atoms with Gasteiger partial charge in [-0.05, 0) is 78.1 Å². The Labute approximate surface area is 193 Å². The van der Waals surface area contributed by atoms with E-state index in [0.29, 0.717) is 19.0 Å². The minimum atomic E-state index is -0.0131. The molecule has 0 fully saturated rings. The summed E-state index contributed by atoms with van der Waals surface area (Å²) in [7, 11) is 0. The van der Waals surface area contributed by atoms with Crippen LogP contribution in [-0.2, 0) is 17.9 Å². The van der Waals surface area contributed by atoms with Crippen molar-refractivity contribution in [2.45, 2.75) is 32.4 Å². The van der Waals surface area contributed by atoms with Gasteiger partial charge in [0.2, 0.25) is 5.91 Å². The molecule has 0 saturated carbocycles. The van der Waals surface area contributed by atoms with Crippen LogP contribution in [0, 0.1) is 5.92 Å². The SMILES string of the molecule is O=C(C=Cc1cccs1)N(Cc1ccncc1)Cc1ccc(OCC2CC=CCC2)cc1. The highest BCUT2D eigenvalue weighted by molar-refractivity contribution is 7.10. The van der Waals surface area contributed by atoms with Gasteiger partial charge >= 0.3 is 0 Å². The van der Waals surface area contributed by atoms with Crippen molar-refractivity contribution in [2.75, 3.05) is 6.61 Å². The van der Waals surface area contributed by atoms with Crippen molar-refractivity contribution in [3.05, 3.63) is 101 Å². The van der Waals surface area contributed by atoms with E-state index < -0.39 is 0 Å². The third-order valence-electron chi connectivity index (χ3n) is 5.53. The van der Waals surface area contributed by atoms with Crippen LogP contribution in [0.15, 0.2) is 84.5 Å². The highest BCUT2D eigenvalue weighted by Crippen LogP contribution is 2.21. The number of ether oxygens (including phenoxy) is 1. The number of hydrogen-bond acceptors (Lipinski definition) is 4. The smallest absolute Gasteiger partial charge is 0.247 e. The van der Waals surface area contributed by atoms with Gasteiger partial charge in [-0.25, -0.2) is 0 Å². The topological polar surface area (TPSA) is 42.4 Å². The van der Waals surface area contributed by atoms with Crippen LogP contribution < -0.4 is 4.74 Å². The van der Waals surface area contributed by atoms with Crippen molar-refractivity contribution in [1.29, 1.82) is 0 Å². The molecule has 0 spiro atoms. The Morgan fingerprint density at radius 3 is 2.53 bits per heavy atom. The molecule has 0 saturated heterocycles. The average Bonchev–Trinajstić information content (AvgIpc) is 3.37. The molecule has 0 radical (unpaired) electrons. The van der Waals surface area contributed by atoms with Crippen LogP contribution >= 0.6 is 11.3 Å². The standard InChI is InChI=1S/C27H28N2O2S/c30-27(13-12-26-7-4-18-32-26)29(20-23-14-16-28-17-15-23)19-22-8-10-25(11-9-22)31-21-24-5-2-1-3-6-24/h1-2,4,7-18,24H,3,5-6,19-21H2. The van der Waals surface area contributed by atoms with E-state index in [1.807, 2.05) is 64.9 Å². The molecule has 2 aromatic heterocycles. The number of hydrogen-bond donors (Lipinski definition) is 0. The highest BCUT2D eigenvalue weighted by atomic mass is 32.1. The largest absolute Gasteiger partial charge is 0.493 e. The maximum Gasteiger partial charge on any atom is 0.247 e. The number of pyridine rings is 1. The number of allylic oxidation sites excluding steroid dienone is 2. The van der Waals surface area contributed by atoms with Gasteiger partial charge in [-0.2, -0.15) is 0 Å². The molecule has 5 heteroatoms. The van der Waals surface area contributed by atoms with Gasteiger partial charge in [0, 0.05) is 36.4 Å². The number of rotatable bonds is 9. The molecule has 0 N–H and O–H groups in total. The van der Waals surface area contributed by atoms with Crippen molar-refractivity contribution >= 4 is 23.3 Å². The lowest BCUT2D eigenvalue weighted by molar-refractivity contribution is -0.127. The van der Waals surface area contributed by atoms with Crippen LogP contribution in [0.5, 0.6) is 5.75 Å². The van der Waals surface area contributed by atoms with Crippen LogP contribution in [-0.4, -0.2) is 22.4 Å². The molecule has 0 bridgehead atoms. The number of aromatic nitrogens is 1. The summed E-state index contributed by atoms with van der Waals surface area (Å²) in [5, 5.41) is 2.01. The van der Waals surface area contributed by atoms with Crippen molar-refractivity contribution in [2.24, 2.45) is 5.92 Å². The molecule has 2 heterocycles. The van der Waals surface area contributed by atoms with Crippen LogP contribution in [0.2, 0.25) is 0 Å². The maximum atomic E-state index is 13.0. The zero-order chi connectivity index (χ0) is 22.0. The first-order chi connectivity index (χ1) is 15.8. The van der Waals surface area contributed by atoms with E-state index in [4.69, 9.17) is 4.74 Å². The maximum absolute atomic E-state index is 13.0.